The van der Waals surface area contributed by atoms with Gasteiger partial charge < -0.3 is 5.11 Å². The van der Waals surface area contributed by atoms with Crippen molar-refractivity contribution in [3.8, 4) is 0 Å². The predicted octanol–water partition coefficient (Wildman–Crippen LogP) is -0.285. The summed E-state index contributed by atoms with van der Waals surface area (Å²) in [5.41, 5.74) is 4.41. The molecule has 0 aliphatic carbocycles. The van der Waals surface area contributed by atoms with Crippen LogP contribution in [0.25, 0.3) is 0 Å². The first-order valence-corrected chi connectivity index (χ1v) is 1.66. The third kappa shape index (κ3) is 2.11. The molecule has 0 radical (unpaired) electrons. The van der Waals surface area contributed by atoms with E-state index in [4.69, 9.17) is 5.11 Å². The second-order valence-corrected chi connectivity index (χ2v) is 1.38. The number of alkyl halides is 1. The summed E-state index contributed by atoms with van der Waals surface area (Å²) in [7, 11) is 0. The van der Waals surface area contributed by atoms with Crippen LogP contribution in [0.2, 0.25) is 0 Å². The van der Waals surface area contributed by atoms with Crippen molar-refractivity contribution in [2.24, 2.45) is 5.73 Å². The van der Waals surface area contributed by atoms with Crippen molar-refractivity contribution in [3.63, 3.8) is 0 Å². The number of aliphatic carboxylic acids is 1. The number of carboxylic acids is 1. The average Bonchev–Trinajstić information content (AvgIpc) is 1.31. The van der Waals surface area contributed by atoms with Gasteiger partial charge in [-0.15, -0.1) is 0 Å². The molecular formula is C3H6FNO2. The molecule has 7 heavy (non-hydrogen) atoms. The molecule has 4 heteroatoms. The van der Waals surface area contributed by atoms with Crippen LogP contribution < -0.4 is 5.73 Å². The highest BCUT2D eigenvalue weighted by Crippen LogP contribution is 1.97. The lowest BCUT2D eigenvalue weighted by Gasteiger charge is -2.04. The molecule has 0 aromatic heterocycles. The van der Waals surface area contributed by atoms with Crippen LogP contribution in [0.5, 0.6) is 0 Å². The summed E-state index contributed by atoms with van der Waals surface area (Å²) in [5.74, 6) is -4.23. The normalized spacial score (nSPS) is 18.1. The molecule has 0 saturated heterocycles. The largest absolute Gasteiger partial charge is 0.478 e. The molecule has 42 valence electrons. The van der Waals surface area contributed by atoms with Crippen LogP contribution in [0.1, 0.15) is 6.92 Å². The van der Waals surface area contributed by atoms with Gasteiger partial charge in [0.25, 0.3) is 5.79 Å². The zero-order chi connectivity index (χ0) is 6.08. The second kappa shape index (κ2) is 1.46. The summed E-state index contributed by atoms with van der Waals surface area (Å²) in [6, 6.07) is 0. The monoisotopic (exact) mass is 107 g/mol. The molecule has 0 aromatic carbocycles. The van der Waals surface area contributed by atoms with Crippen molar-refractivity contribution in [2.75, 3.05) is 0 Å². The van der Waals surface area contributed by atoms with Gasteiger partial charge in [-0.05, 0) is 6.92 Å². The lowest BCUT2D eigenvalue weighted by atomic mass is 10.3. The van der Waals surface area contributed by atoms with Crippen LogP contribution in [0.15, 0.2) is 0 Å². The minimum Gasteiger partial charge on any atom is -0.478 e. The first-order chi connectivity index (χ1) is 2.94. The van der Waals surface area contributed by atoms with Crippen molar-refractivity contribution in [1.82, 2.24) is 0 Å². The zero-order valence-electron chi connectivity index (χ0n) is 3.81. The van der Waals surface area contributed by atoms with Gasteiger partial charge in [-0.25, -0.2) is 9.18 Å². The SMILES string of the molecule is C[C@](N)(F)C(=O)O. The maximum atomic E-state index is 11.7. The maximum Gasteiger partial charge on any atom is 0.356 e. The summed E-state index contributed by atoms with van der Waals surface area (Å²) in [4.78, 5) is 9.52. The molecule has 0 aliphatic rings. The van der Waals surface area contributed by atoms with E-state index in [1.165, 1.54) is 0 Å². The molecule has 0 unspecified atom stereocenters. The van der Waals surface area contributed by atoms with Gasteiger partial charge in [0, 0.05) is 0 Å². The Balaban J connectivity index is 3.79. The number of nitrogens with two attached hydrogens (primary N) is 1. The smallest absolute Gasteiger partial charge is 0.356 e. The fourth-order valence-electron chi connectivity index (χ4n) is 0. The molecule has 3 nitrogen and oxygen atoms in total. The Bertz CT molecular complexity index is 85.4. The molecule has 0 fully saturated rings. The van der Waals surface area contributed by atoms with Crippen LogP contribution in [0, 0.1) is 0 Å². The molecule has 0 rings (SSSR count). The zero-order valence-corrected chi connectivity index (χ0v) is 3.81. The average molecular weight is 107 g/mol. The van der Waals surface area contributed by atoms with Crippen molar-refractivity contribution in [1.29, 1.82) is 0 Å². The number of hydrogen-bond donors (Lipinski definition) is 2. The lowest BCUT2D eigenvalue weighted by Crippen LogP contribution is -2.39. The summed E-state index contributed by atoms with van der Waals surface area (Å²) in [5, 5.41) is 7.75. The highest BCUT2D eigenvalue weighted by atomic mass is 19.1. The number of carbonyl (C=O) groups is 1. The van der Waals surface area contributed by atoms with Gasteiger partial charge in [0.15, 0.2) is 0 Å². The van der Waals surface area contributed by atoms with Crippen LogP contribution >= 0.6 is 0 Å². The van der Waals surface area contributed by atoms with E-state index in [-0.39, 0.29) is 0 Å². The Morgan fingerprint density at radius 3 is 2.14 bits per heavy atom. The van der Waals surface area contributed by atoms with Crippen molar-refractivity contribution >= 4 is 5.97 Å². The summed E-state index contributed by atoms with van der Waals surface area (Å²) >= 11 is 0. The standard InChI is InChI=1S/C3H6FNO2/c1-3(4,5)2(6)7/h5H2,1H3,(H,6,7)/t3-/m1/s1. The fraction of sp³-hybridized carbons (Fsp3) is 0.667. The Labute approximate surface area is 39.9 Å². The maximum absolute atomic E-state index is 11.7. The van der Waals surface area contributed by atoms with E-state index in [1.54, 1.807) is 0 Å². The Morgan fingerprint density at radius 1 is 2.00 bits per heavy atom. The van der Waals surface area contributed by atoms with E-state index in [9.17, 15) is 9.18 Å². The molecule has 0 aliphatic heterocycles. The van der Waals surface area contributed by atoms with Crippen molar-refractivity contribution < 1.29 is 14.3 Å². The number of halogens is 1. The Morgan fingerprint density at radius 2 is 2.14 bits per heavy atom. The third-order valence-electron chi connectivity index (χ3n) is 0.418. The van der Waals surface area contributed by atoms with Gasteiger partial charge in [0.2, 0.25) is 0 Å². The van der Waals surface area contributed by atoms with Gasteiger partial charge in [-0.2, -0.15) is 0 Å². The van der Waals surface area contributed by atoms with E-state index >= 15 is 0 Å². The highest BCUT2D eigenvalue weighted by molar-refractivity contribution is 5.75. The summed E-state index contributed by atoms with van der Waals surface area (Å²) in [6.07, 6.45) is 0. The predicted molar refractivity (Wildman–Crippen MR) is 21.3 cm³/mol. The molecule has 0 spiro atoms. The minimum atomic E-state index is -2.58. The second-order valence-electron chi connectivity index (χ2n) is 1.38. The quantitative estimate of drug-likeness (QED) is 0.453. The number of rotatable bonds is 1. The van der Waals surface area contributed by atoms with Gasteiger partial charge in [0.1, 0.15) is 0 Å². The van der Waals surface area contributed by atoms with Crippen molar-refractivity contribution in [3.05, 3.63) is 0 Å². The Hall–Kier alpha value is -0.640. The van der Waals surface area contributed by atoms with Crippen LogP contribution in [0.4, 0.5) is 4.39 Å². The molecule has 0 heterocycles. The van der Waals surface area contributed by atoms with Crippen LogP contribution in [0.3, 0.4) is 0 Å². The van der Waals surface area contributed by atoms with E-state index in [1.807, 2.05) is 0 Å². The number of hydrogen-bond acceptors (Lipinski definition) is 2. The molecule has 0 amide bonds. The molecular weight excluding hydrogens is 101 g/mol. The van der Waals surface area contributed by atoms with E-state index in [0.717, 1.165) is 6.92 Å². The van der Waals surface area contributed by atoms with Gasteiger partial charge in [0.05, 0.1) is 0 Å². The molecule has 0 bridgehead atoms. The molecule has 3 N–H and O–H groups in total. The lowest BCUT2D eigenvalue weighted by molar-refractivity contribution is -0.149. The van der Waals surface area contributed by atoms with Gasteiger partial charge in [-0.3, -0.25) is 5.73 Å². The van der Waals surface area contributed by atoms with Gasteiger partial charge in [-0.1, -0.05) is 0 Å². The van der Waals surface area contributed by atoms with E-state index in [2.05, 4.69) is 5.73 Å². The summed E-state index contributed by atoms with van der Waals surface area (Å²) < 4.78 is 11.7. The van der Waals surface area contributed by atoms with Crippen LogP contribution in [-0.2, 0) is 4.79 Å². The minimum absolute atomic E-state index is 0.773. The van der Waals surface area contributed by atoms with Crippen LogP contribution in [-0.4, -0.2) is 16.9 Å². The van der Waals surface area contributed by atoms with Gasteiger partial charge >= 0.3 is 5.97 Å². The van der Waals surface area contributed by atoms with Crippen molar-refractivity contribution in [2.45, 2.75) is 12.7 Å². The van der Waals surface area contributed by atoms with E-state index in [0.29, 0.717) is 0 Å². The fourth-order valence-corrected chi connectivity index (χ4v) is 0. The highest BCUT2D eigenvalue weighted by Gasteiger charge is 2.25. The Kier molecular flexibility index (Phi) is 1.32. The molecule has 1 atom stereocenters. The first kappa shape index (κ1) is 6.36. The van der Waals surface area contributed by atoms with E-state index < -0.39 is 11.8 Å². The molecule has 0 saturated carbocycles. The number of carboxylic acid groups (broad SMARTS) is 1. The molecule has 0 aromatic rings. The topological polar surface area (TPSA) is 63.3 Å². The third-order valence-corrected chi connectivity index (χ3v) is 0.418. The first-order valence-electron chi connectivity index (χ1n) is 1.66. The summed E-state index contributed by atoms with van der Waals surface area (Å²) in [6.45, 7) is 0.773.